The molecule has 1 rings (SSSR count). The number of nitrogens with one attached hydrogen (secondary N) is 1. The van der Waals surface area contributed by atoms with Gasteiger partial charge in [0.25, 0.3) is 0 Å². The minimum atomic E-state index is -4.55. The van der Waals surface area contributed by atoms with Gasteiger partial charge in [-0.15, -0.1) is 0 Å². The summed E-state index contributed by atoms with van der Waals surface area (Å²) in [4.78, 5) is 11.4. The summed E-state index contributed by atoms with van der Waals surface area (Å²) in [5, 5.41) is 2.48. The standard InChI is InChI=1S/C12H15F3N2O2/c1-3-19-11(18)7(2)17-10-5-4-8(16)6-9(10)12(13,14)15/h4-7,17H,3,16H2,1-2H3. The van der Waals surface area contributed by atoms with E-state index in [2.05, 4.69) is 5.32 Å². The number of carbonyl (C=O) groups excluding carboxylic acids is 1. The fraction of sp³-hybridized carbons (Fsp3) is 0.417. The predicted octanol–water partition coefficient (Wildman–Crippen LogP) is 2.65. The molecule has 0 aromatic heterocycles. The van der Waals surface area contributed by atoms with E-state index in [1.807, 2.05) is 0 Å². The molecule has 1 aromatic rings. The Hall–Kier alpha value is -1.92. The second-order valence-electron chi connectivity index (χ2n) is 3.92. The van der Waals surface area contributed by atoms with Crippen LogP contribution in [0.2, 0.25) is 0 Å². The number of anilines is 2. The molecule has 0 amide bonds. The van der Waals surface area contributed by atoms with Crippen molar-refractivity contribution in [3.05, 3.63) is 23.8 Å². The molecule has 3 N–H and O–H groups in total. The number of benzene rings is 1. The summed E-state index contributed by atoms with van der Waals surface area (Å²) < 4.78 is 43.2. The van der Waals surface area contributed by atoms with Crippen LogP contribution in [-0.4, -0.2) is 18.6 Å². The number of rotatable bonds is 4. The quantitative estimate of drug-likeness (QED) is 0.655. The van der Waals surface area contributed by atoms with E-state index in [1.54, 1.807) is 6.92 Å². The average molecular weight is 276 g/mol. The van der Waals surface area contributed by atoms with Crippen molar-refractivity contribution < 1.29 is 22.7 Å². The van der Waals surface area contributed by atoms with Crippen LogP contribution in [0, 0.1) is 0 Å². The topological polar surface area (TPSA) is 64.3 Å². The molecular weight excluding hydrogens is 261 g/mol. The van der Waals surface area contributed by atoms with Crippen molar-refractivity contribution >= 4 is 17.3 Å². The van der Waals surface area contributed by atoms with Crippen LogP contribution in [0.15, 0.2) is 18.2 Å². The summed E-state index contributed by atoms with van der Waals surface area (Å²) in [5.41, 5.74) is 4.23. The first-order chi connectivity index (χ1) is 8.75. The molecule has 0 spiro atoms. The molecule has 0 radical (unpaired) electrons. The van der Waals surface area contributed by atoms with Crippen molar-refractivity contribution in [1.29, 1.82) is 0 Å². The van der Waals surface area contributed by atoms with Crippen molar-refractivity contribution in [3.8, 4) is 0 Å². The molecule has 0 fully saturated rings. The Balaban J connectivity index is 2.98. The summed E-state index contributed by atoms with van der Waals surface area (Å²) >= 11 is 0. The number of hydrogen-bond donors (Lipinski definition) is 2. The number of nitrogens with two attached hydrogens (primary N) is 1. The molecule has 1 aromatic carbocycles. The molecule has 0 heterocycles. The first kappa shape index (κ1) is 15.1. The van der Waals surface area contributed by atoms with E-state index in [0.29, 0.717) is 0 Å². The van der Waals surface area contributed by atoms with E-state index in [1.165, 1.54) is 19.1 Å². The van der Waals surface area contributed by atoms with Gasteiger partial charge < -0.3 is 15.8 Å². The highest BCUT2D eigenvalue weighted by molar-refractivity contribution is 5.79. The van der Waals surface area contributed by atoms with Gasteiger partial charge in [0.1, 0.15) is 6.04 Å². The third kappa shape index (κ3) is 4.04. The minimum absolute atomic E-state index is 0.00154. The number of nitrogen functional groups attached to an aromatic ring is 1. The van der Waals surface area contributed by atoms with Gasteiger partial charge in [-0.2, -0.15) is 13.2 Å². The van der Waals surface area contributed by atoms with Gasteiger partial charge in [0.2, 0.25) is 0 Å². The van der Waals surface area contributed by atoms with Crippen LogP contribution in [0.1, 0.15) is 19.4 Å². The van der Waals surface area contributed by atoms with Gasteiger partial charge in [-0.1, -0.05) is 0 Å². The fourth-order valence-corrected chi connectivity index (χ4v) is 1.48. The largest absolute Gasteiger partial charge is 0.464 e. The molecule has 19 heavy (non-hydrogen) atoms. The van der Waals surface area contributed by atoms with Crippen molar-refractivity contribution in [2.45, 2.75) is 26.1 Å². The zero-order valence-electron chi connectivity index (χ0n) is 10.5. The summed E-state index contributed by atoms with van der Waals surface area (Å²) in [6.45, 7) is 3.21. The number of alkyl halides is 3. The monoisotopic (exact) mass is 276 g/mol. The van der Waals surface area contributed by atoms with Crippen molar-refractivity contribution in [2.24, 2.45) is 0 Å². The molecule has 0 aliphatic rings. The molecular formula is C12H15F3N2O2. The van der Waals surface area contributed by atoms with Crippen molar-refractivity contribution in [3.63, 3.8) is 0 Å². The number of hydrogen-bond acceptors (Lipinski definition) is 4. The third-order valence-corrected chi connectivity index (χ3v) is 2.36. The van der Waals surface area contributed by atoms with Crippen molar-refractivity contribution in [2.75, 3.05) is 17.7 Å². The summed E-state index contributed by atoms with van der Waals surface area (Å²) in [5.74, 6) is -0.618. The van der Waals surface area contributed by atoms with Crippen molar-refractivity contribution in [1.82, 2.24) is 0 Å². The maximum atomic E-state index is 12.8. The fourth-order valence-electron chi connectivity index (χ4n) is 1.48. The van der Waals surface area contributed by atoms with Crippen LogP contribution >= 0.6 is 0 Å². The van der Waals surface area contributed by atoms with E-state index in [4.69, 9.17) is 10.5 Å². The molecule has 106 valence electrons. The van der Waals surface area contributed by atoms with E-state index in [0.717, 1.165) is 6.07 Å². The molecule has 1 unspecified atom stereocenters. The number of halogens is 3. The van der Waals surface area contributed by atoms with E-state index < -0.39 is 23.8 Å². The highest BCUT2D eigenvalue weighted by Crippen LogP contribution is 2.36. The Morgan fingerprint density at radius 3 is 2.63 bits per heavy atom. The maximum absolute atomic E-state index is 12.8. The lowest BCUT2D eigenvalue weighted by atomic mass is 10.1. The highest BCUT2D eigenvalue weighted by atomic mass is 19.4. The predicted molar refractivity (Wildman–Crippen MR) is 65.6 cm³/mol. The molecule has 0 aliphatic carbocycles. The summed E-state index contributed by atoms with van der Waals surface area (Å²) in [7, 11) is 0. The van der Waals surface area contributed by atoms with Gasteiger partial charge >= 0.3 is 12.1 Å². The lowest BCUT2D eigenvalue weighted by molar-refractivity contribution is -0.144. The zero-order valence-corrected chi connectivity index (χ0v) is 10.5. The smallest absolute Gasteiger partial charge is 0.418 e. The second-order valence-corrected chi connectivity index (χ2v) is 3.92. The minimum Gasteiger partial charge on any atom is -0.464 e. The molecule has 0 bridgehead atoms. The third-order valence-electron chi connectivity index (χ3n) is 2.36. The number of ether oxygens (including phenoxy) is 1. The molecule has 7 heteroatoms. The van der Waals surface area contributed by atoms with Gasteiger partial charge in [0.05, 0.1) is 12.2 Å². The average Bonchev–Trinajstić information content (AvgIpc) is 2.30. The lowest BCUT2D eigenvalue weighted by Crippen LogP contribution is -2.29. The molecule has 1 atom stereocenters. The molecule has 0 saturated heterocycles. The van der Waals surface area contributed by atoms with E-state index in [-0.39, 0.29) is 18.0 Å². The normalized spacial score (nSPS) is 12.9. The Bertz CT molecular complexity index is 461. The van der Waals surface area contributed by atoms with Crippen LogP contribution in [0.4, 0.5) is 24.5 Å². The van der Waals surface area contributed by atoms with Crippen LogP contribution in [0.25, 0.3) is 0 Å². The van der Waals surface area contributed by atoms with Gasteiger partial charge in [-0.3, -0.25) is 0 Å². The first-order valence-corrected chi connectivity index (χ1v) is 5.65. The summed E-state index contributed by atoms with van der Waals surface area (Å²) in [6.07, 6.45) is -4.55. The molecule has 0 aliphatic heterocycles. The number of carbonyl (C=O) groups is 1. The van der Waals surface area contributed by atoms with Gasteiger partial charge in [0.15, 0.2) is 0 Å². The van der Waals surface area contributed by atoms with Gasteiger partial charge in [0, 0.05) is 11.4 Å². The SMILES string of the molecule is CCOC(=O)C(C)Nc1ccc(N)cc1C(F)(F)F. The summed E-state index contributed by atoms with van der Waals surface area (Å²) in [6, 6.07) is 2.45. The Morgan fingerprint density at radius 1 is 1.47 bits per heavy atom. The van der Waals surface area contributed by atoms with Crippen LogP contribution in [0.3, 0.4) is 0 Å². The number of esters is 1. The van der Waals surface area contributed by atoms with Crippen LogP contribution in [0.5, 0.6) is 0 Å². The van der Waals surface area contributed by atoms with Crippen LogP contribution in [-0.2, 0) is 15.7 Å². The zero-order chi connectivity index (χ0) is 14.6. The Kier molecular flexibility index (Phi) is 4.63. The Labute approximate surface area is 108 Å². The van der Waals surface area contributed by atoms with E-state index >= 15 is 0 Å². The molecule has 4 nitrogen and oxygen atoms in total. The lowest BCUT2D eigenvalue weighted by Gasteiger charge is -2.18. The first-order valence-electron chi connectivity index (χ1n) is 5.65. The molecule has 0 saturated carbocycles. The van der Waals surface area contributed by atoms with Gasteiger partial charge in [-0.25, -0.2) is 4.79 Å². The second kappa shape index (κ2) is 5.81. The van der Waals surface area contributed by atoms with Gasteiger partial charge in [-0.05, 0) is 32.0 Å². The Morgan fingerprint density at radius 2 is 2.11 bits per heavy atom. The highest BCUT2D eigenvalue weighted by Gasteiger charge is 2.34. The van der Waals surface area contributed by atoms with Crippen LogP contribution < -0.4 is 11.1 Å². The maximum Gasteiger partial charge on any atom is 0.418 e. The van der Waals surface area contributed by atoms with E-state index in [9.17, 15) is 18.0 Å².